The van der Waals surface area contributed by atoms with Crippen LogP contribution in [0.5, 0.6) is 5.75 Å². The summed E-state index contributed by atoms with van der Waals surface area (Å²) in [6.45, 7) is 6.35. The number of fused-ring (bicyclic) bond motifs is 1. The lowest BCUT2D eigenvalue weighted by Crippen LogP contribution is -2.39. The zero-order valence-electron chi connectivity index (χ0n) is 18.2. The molecule has 1 aliphatic carbocycles. The molecular weight excluding hydrogens is 412 g/mol. The van der Waals surface area contributed by atoms with Gasteiger partial charge in [-0.15, -0.1) is 11.3 Å². The molecule has 7 nitrogen and oxygen atoms in total. The highest BCUT2D eigenvalue weighted by atomic mass is 32.1. The molecule has 2 amide bonds. The molecule has 2 aromatic rings. The van der Waals surface area contributed by atoms with E-state index in [1.54, 1.807) is 6.07 Å². The van der Waals surface area contributed by atoms with Crippen LogP contribution in [0.2, 0.25) is 0 Å². The number of carbonyl (C=O) groups is 2. The first-order valence-electron chi connectivity index (χ1n) is 10.9. The minimum atomic E-state index is -0.466. The Hall–Kier alpha value is -2.42. The van der Waals surface area contributed by atoms with Crippen molar-refractivity contribution < 1.29 is 14.7 Å². The van der Waals surface area contributed by atoms with Gasteiger partial charge in [-0.3, -0.25) is 9.59 Å². The maximum absolute atomic E-state index is 13.1. The van der Waals surface area contributed by atoms with Crippen LogP contribution in [0.3, 0.4) is 0 Å². The Kier molecular flexibility index (Phi) is 6.31. The highest BCUT2D eigenvalue weighted by Gasteiger charge is 2.34. The van der Waals surface area contributed by atoms with Crippen molar-refractivity contribution in [3.63, 3.8) is 0 Å². The first kappa shape index (κ1) is 21.8. The third kappa shape index (κ3) is 4.33. The largest absolute Gasteiger partial charge is 0.508 e. The number of hydrogen-bond acceptors (Lipinski definition) is 6. The maximum Gasteiger partial charge on any atom is 0.254 e. The van der Waals surface area contributed by atoms with E-state index in [0.29, 0.717) is 23.5 Å². The number of amides is 2. The quantitative estimate of drug-likeness (QED) is 0.489. The Morgan fingerprint density at radius 1 is 1.19 bits per heavy atom. The third-order valence-electron chi connectivity index (χ3n) is 6.05. The Bertz CT molecular complexity index is 993. The van der Waals surface area contributed by atoms with Gasteiger partial charge in [0.05, 0.1) is 11.6 Å². The molecule has 5 N–H and O–H groups in total. The summed E-state index contributed by atoms with van der Waals surface area (Å²) in [5, 5.41) is 17.0. The van der Waals surface area contributed by atoms with Crippen LogP contribution < -0.4 is 21.5 Å². The van der Waals surface area contributed by atoms with Gasteiger partial charge in [-0.05, 0) is 75.6 Å². The molecule has 0 bridgehead atoms. The van der Waals surface area contributed by atoms with Crippen molar-refractivity contribution in [2.45, 2.75) is 65.0 Å². The molecule has 2 unspecified atom stereocenters. The molecule has 166 valence electrons. The monoisotopic (exact) mass is 442 g/mol. The van der Waals surface area contributed by atoms with Gasteiger partial charge in [0.25, 0.3) is 5.91 Å². The summed E-state index contributed by atoms with van der Waals surface area (Å²) in [6, 6.07) is 3.13. The molecule has 2 atom stereocenters. The molecule has 1 aliphatic heterocycles. The molecule has 1 aromatic carbocycles. The number of nitrogens with one attached hydrogen (secondary N) is 4. The topological polar surface area (TPSA) is 102 Å². The molecule has 31 heavy (non-hydrogen) atoms. The number of phenolic OH excluding ortho intramolecular Hbond substituents is 1. The molecule has 0 radical (unpaired) electrons. The number of rotatable bonds is 5. The second kappa shape index (κ2) is 8.98. The summed E-state index contributed by atoms with van der Waals surface area (Å²) in [6.07, 6.45) is 4.53. The lowest BCUT2D eigenvalue weighted by atomic mass is 9.94. The van der Waals surface area contributed by atoms with Crippen LogP contribution in [0.15, 0.2) is 12.1 Å². The summed E-state index contributed by atoms with van der Waals surface area (Å²) >= 11 is 1.53. The molecular formula is C23H30N4O3S. The van der Waals surface area contributed by atoms with Crippen LogP contribution >= 0.6 is 11.3 Å². The minimum absolute atomic E-state index is 0.118. The molecule has 4 rings (SSSR count). The lowest BCUT2D eigenvalue weighted by molar-refractivity contribution is -0.117. The number of benzene rings is 1. The van der Waals surface area contributed by atoms with E-state index in [1.165, 1.54) is 16.2 Å². The van der Waals surface area contributed by atoms with E-state index in [4.69, 9.17) is 0 Å². The molecule has 1 aromatic heterocycles. The molecule has 2 aliphatic rings. The van der Waals surface area contributed by atoms with Crippen LogP contribution in [-0.4, -0.2) is 29.5 Å². The fourth-order valence-corrected chi connectivity index (χ4v) is 5.96. The highest BCUT2D eigenvalue weighted by molar-refractivity contribution is 7.17. The van der Waals surface area contributed by atoms with Gasteiger partial charge >= 0.3 is 0 Å². The number of thiophene rings is 1. The summed E-state index contributed by atoms with van der Waals surface area (Å²) in [5.41, 5.74) is 10.7. The number of aryl methyl sites for hydroxylation is 3. The first-order chi connectivity index (χ1) is 14.9. The molecule has 8 heteroatoms. The van der Waals surface area contributed by atoms with Gasteiger partial charge in [0.2, 0.25) is 5.91 Å². The zero-order valence-corrected chi connectivity index (χ0v) is 19.0. The smallest absolute Gasteiger partial charge is 0.254 e. The summed E-state index contributed by atoms with van der Waals surface area (Å²) in [4.78, 5) is 27.0. The number of phenols is 1. The SMILES string of the molecule is CCNC(=O)c1c(NC(=O)C2CC(c3c(C)cc(C)cc3O)NN2)sc2c1CCCC2. The second-order valence-electron chi connectivity index (χ2n) is 8.41. The van der Waals surface area contributed by atoms with Gasteiger partial charge < -0.3 is 15.7 Å². The van der Waals surface area contributed by atoms with Crippen molar-refractivity contribution in [2.75, 3.05) is 11.9 Å². The Balaban J connectivity index is 1.52. The molecule has 0 saturated carbocycles. The van der Waals surface area contributed by atoms with Gasteiger partial charge in [-0.25, -0.2) is 10.9 Å². The van der Waals surface area contributed by atoms with E-state index in [-0.39, 0.29) is 23.6 Å². The second-order valence-corrected chi connectivity index (χ2v) is 9.51. The van der Waals surface area contributed by atoms with E-state index >= 15 is 0 Å². The van der Waals surface area contributed by atoms with Crippen molar-refractivity contribution in [3.05, 3.63) is 44.8 Å². The minimum Gasteiger partial charge on any atom is -0.508 e. The first-order valence-corrected chi connectivity index (χ1v) is 11.8. The predicted molar refractivity (Wildman–Crippen MR) is 123 cm³/mol. The average molecular weight is 443 g/mol. The summed E-state index contributed by atoms with van der Waals surface area (Å²) in [7, 11) is 0. The third-order valence-corrected chi connectivity index (χ3v) is 7.26. The molecule has 0 spiro atoms. The Labute approximate surface area is 186 Å². The van der Waals surface area contributed by atoms with Crippen molar-refractivity contribution >= 4 is 28.2 Å². The van der Waals surface area contributed by atoms with Gasteiger partial charge in [-0.1, -0.05) is 6.07 Å². The van der Waals surface area contributed by atoms with Gasteiger partial charge in [0.1, 0.15) is 16.8 Å². The van der Waals surface area contributed by atoms with Gasteiger partial charge in [0.15, 0.2) is 0 Å². The number of aromatic hydroxyl groups is 1. The fraction of sp³-hybridized carbons (Fsp3) is 0.478. The van der Waals surface area contributed by atoms with E-state index in [2.05, 4.69) is 21.5 Å². The average Bonchev–Trinajstić information content (AvgIpc) is 3.32. The van der Waals surface area contributed by atoms with E-state index < -0.39 is 6.04 Å². The maximum atomic E-state index is 13.1. The van der Waals surface area contributed by atoms with Gasteiger partial charge in [-0.2, -0.15) is 0 Å². The molecule has 2 heterocycles. The summed E-state index contributed by atoms with van der Waals surface area (Å²) in [5.74, 6) is -0.0569. The number of hydrazine groups is 1. The normalized spacial score (nSPS) is 20.4. The number of anilines is 1. The van der Waals surface area contributed by atoms with Crippen molar-refractivity contribution in [3.8, 4) is 5.75 Å². The Morgan fingerprint density at radius 2 is 1.97 bits per heavy atom. The van der Waals surface area contributed by atoms with Gasteiger partial charge in [0, 0.05) is 17.0 Å². The predicted octanol–water partition coefficient (Wildman–Crippen LogP) is 3.25. The van der Waals surface area contributed by atoms with Crippen LogP contribution in [0.1, 0.15) is 69.7 Å². The van der Waals surface area contributed by atoms with Crippen LogP contribution in [0.25, 0.3) is 0 Å². The van der Waals surface area contributed by atoms with Crippen molar-refractivity contribution in [2.24, 2.45) is 0 Å². The number of hydrogen-bond donors (Lipinski definition) is 5. The Morgan fingerprint density at radius 3 is 2.71 bits per heavy atom. The van der Waals surface area contributed by atoms with Crippen LogP contribution in [0, 0.1) is 13.8 Å². The number of carbonyl (C=O) groups excluding carboxylic acids is 2. The zero-order chi connectivity index (χ0) is 22.1. The lowest BCUT2D eigenvalue weighted by Gasteiger charge is -2.16. The van der Waals surface area contributed by atoms with Crippen molar-refractivity contribution in [1.29, 1.82) is 0 Å². The molecule has 1 fully saturated rings. The standard InChI is InChI=1S/C23H30N4O3S/c1-4-24-22(30)20-14-7-5-6-8-18(14)31-23(20)25-21(29)16-11-15(26-27-16)19-13(3)9-12(2)10-17(19)28/h9-10,15-16,26-28H,4-8,11H2,1-3H3,(H,24,30)(H,25,29). The van der Waals surface area contributed by atoms with E-state index in [0.717, 1.165) is 47.9 Å². The van der Waals surface area contributed by atoms with E-state index in [1.807, 2.05) is 26.8 Å². The van der Waals surface area contributed by atoms with Crippen molar-refractivity contribution in [1.82, 2.24) is 16.2 Å². The highest BCUT2D eigenvalue weighted by Crippen LogP contribution is 2.39. The van der Waals surface area contributed by atoms with E-state index in [9.17, 15) is 14.7 Å². The molecule has 1 saturated heterocycles. The van der Waals surface area contributed by atoms with Crippen LogP contribution in [0.4, 0.5) is 5.00 Å². The van der Waals surface area contributed by atoms with Crippen LogP contribution in [-0.2, 0) is 17.6 Å². The fourth-order valence-electron chi connectivity index (χ4n) is 4.67. The summed E-state index contributed by atoms with van der Waals surface area (Å²) < 4.78 is 0.